The molecule has 2 N–H and O–H groups in total. The van der Waals surface area contributed by atoms with Gasteiger partial charge in [0.2, 0.25) is 5.91 Å². The van der Waals surface area contributed by atoms with Crippen LogP contribution in [0.15, 0.2) is 18.5 Å². The molecule has 1 saturated heterocycles. The van der Waals surface area contributed by atoms with E-state index < -0.39 is 0 Å². The fourth-order valence-electron chi connectivity index (χ4n) is 2.28. The highest BCUT2D eigenvalue weighted by Gasteiger charge is 2.16. The predicted octanol–water partition coefficient (Wildman–Crippen LogP) is 1.94. The average molecular weight is 262 g/mol. The molecule has 0 bridgehead atoms. The van der Waals surface area contributed by atoms with E-state index >= 15 is 0 Å². The standard InChI is InChI=1S/C14H22N4O/c1-2-16-12-9-13(11-15-10-12)17-6-5-14(19)18-7-3-4-8-18/h9-11,16-17H,2-8H2,1H3. The molecule has 5 nitrogen and oxygen atoms in total. The van der Waals surface area contributed by atoms with E-state index in [0.717, 1.165) is 43.9 Å². The number of likely N-dealkylation sites (tertiary alicyclic amines) is 1. The van der Waals surface area contributed by atoms with Gasteiger partial charge >= 0.3 is 0 Å². The Balaban J connectivity index is 1.75. The van der Waals surface area contributed by atoms with Gasteiger partial charge in [-0.15, -0.1) is 0 Å². The summed E-state index contributed by atoms with van der Waals surface area (Å²) in [7, 11) is 0. The molecule has 0 saturated carbocycles. The van der Waals surface area contributed by atoms with E-state index in [1.54, 1.807) is 12.4 Å². The van der Waals surface area contributed by atoms with Crippen molar-refractivity contribution in [1.82, 2.24) is 9.88 Å². The van der Waals surface area contributed by atoms with Crippen LogP contribution in [0.3, 0.4) is 0 Å². The third-order valence-electron chi connectivity index (χ3n) is 3.25. The number of hydrogen-bond acceptors (Lipinski definition) is 4. The Morgan fingerprint density at radius 1 is 1.26 bits per heavy atom. The van der Waals surface area contributed by atoms with Crippen LogP contribution in [-0.2, 0) is 4.79 Å². The summed E-state index contributed by atoms with van der Waals surface area (Å²) in [6.45, 7) is 5.44. The minimum atomic E-state index is 0.251. The van der Waals surface area contributed by atoms with Crippen molar-refractivity contribution in [2.24, 2.45) is 0 Å². The van der Waals surface area contributed by atoms with Crippen LogP contribution < -0.4 is 10.6 Å². The van der Waals surface area contributed by atoms with Crippen molar-refractivity contribution >= 4 is 17.3 Å². The molecule has 1 aliphatic heterocycles. The Bertz CT molecular complexity index is 416. The van der Waals surface area contributed by atoms with E-state index in [4.69, 9.17) is 0 Å². The SMILES string of the molecule is CCNc1cncc(NCCC(=O)N2CCCC2)c1. The van der Waals surface area contributed by atoms with Crippen LogP contribution in [0, 0.1) is 0 Å². The molecule has 0 aromatic carbocycles. The molecule has 2 rings (SSSR count). The van der Waals surface area contributed by atoms with Gasteiger partial charge in [0, 0.05) is 32.6 Å². The van der Waals surface area contributed by atoms with Gasteiger partial charge in [0.15, 0.2) is 0 Å². The van der Waals surface area contributed by atoms with Crippen molar-refractivity contribution in [2.45, 2.75) is 26.2 Å². The second-order valence-electron chi connectivity index (χ2n) is 4.76. The van der Waals surface area contributed by atoms with Gasteiger partial charge in [-0.1, -0.05) is 0 Å². The lowest BCUT2D eigenvalue weighted by Crippen LogP contribution is -2.29. The number of pyridine rings is 1. The molecule has 1 aromatic rings. The number of nitrogens with zero attached hydrogens (tertiary/aromatic N) is 2. The van der Waals surface area contributed by atoms with Crippen LogP contribution in [0.4, 0.5) is 11.4 Å². The number of aromatic nitrogens is 1. The zero-order valence-electron chi connectivity index (χ0n) is 11.5. The second-order valence-corrected chi connectivity index (χ2v) is 4.76. The Kier molecular flexibility index (Phi) is 5.01. The fraction of sp³-hybridized carbons (Fsp3) is 0.571. The molecular weight excluding hydrogens is 240 g/mol. The van der Waals surface area contributed by atoms with Crippen LogP contribution in [0.2, 0.25) is 0 Å². The summed E-state index contributed by atoms with van der Waals surface area (Å²) in [4.78, 5) is 18.0. The molecule has 2 heterocycles. The van der Waals surface area contributed by atoms with Crippen molar-refractivity contribution in [1.29, 1.82) is 0 Å². The molecule has 19 heavy (non-hydrogen) atoms. The molecule has 5 heteroatoms. The summed E-state index contributed by atoms with van der Waals surface area (Å²) < 4.78 is 0. The van der Waals surface area contributed by atoms with E-state index in [0.29, 0.717) is 13.0 Å². The molecular formula is C14H22N4O. The third-order valence-corrected chi connectivity index (χ3v) is 3.25. The molecule has 0 aliphatic carbocycles. The van der Waals surface area contributed by atoms with Crippen LogP contribution in [-0.4, -0.2) is 42.0 Å². The highest BCUT2D eigenvalue weighted by atomic mass is 16.2. The molecule has 104 valence electrons. The molecule has 0 radical (unpaired) electrons. The maximum Gasteiger partial charge on any atom is 0.224 e. The van der Waals surface area contributed by atoms with Gasteiger partial charge in [-0.25, -0.2) is 0 Å². The molecule has 1 aromatic heterocycles. The monoisotopic (exact) mass is 262 g/mol. The van der Waals surface area contributed by atoms with Crippen LogP contribution in [0.25, 0.3) is 0 Å². The maximum absolute atomic E-state index is 11.9. The number of amides is 1. The minimum Gasteiger partial charge on any atom is -0.384 e. The summed E-state index contributed by atoms with van der Waals surface area (Å²) in [5.41, 5.74) is 1.95. The number of carbonyl (C=O) groups excluding carboxylic acids is 1. The van der Waals surface area contributed by atoms with E-state index in [1.807, 2.05) is 11.0 Å². The minimum absolute atomic E-state index is 0.251. The summed E-state index contributed by atoms with van der Waals surface area (Å²) >= 11 is 0. The Hall–Kier alpha value is -1.78. The van der Waals surface area contributed by atoms with E-state index in [2.05, 4.69) is 22.5 Å². The summed E-state index contributed by atoms with van der Waals surface area (Å²) in [6, 6.07) is 2.01. The second kappa shape index (κ2) is 6.97. The topological polar surface area (TPSA) is 57.3 Å². The molecule has 1 aliphatic rings. The average Bonchev–Trinajstić information content (AvgIpc) is 2.93. The smallest absolute Gasteiger partial charge is 0.224 e. The maximum atomic E-state index is 11.9. The van der Waals surface area contributed by atoms with Gasteiger partial charge in [-0.3, -0.25) is 9.78 Å². The molecule has 1 fully saturated rings. The Morgan fingerprint density at radius 2 is 1.95 bits per heavy atom. The van der Waals surface area contributed by atoms with Crippen molar-refractivity contribution in [3.05, 3.63) is 18.5 Å². The number of anilines is 2. The van der Waals surface area contributed by atoms with Crippen molar-refractivity contribution in [3.8, 4) is 0 Å². The first-order valence-corrected chi connectivity index (χ1v) is 7.00. The highest BCUT2D eigenvalue weighted by molar-refractivity contribution is 5.77. The first-order chi connectivity index (χ1) is 9.29. The third kappa shape index (κ3) is 4.12. The van der Waals surface area contributed by atoms with Gasteiger partial charge in [-0.05, 0) is 25.8 Å². The number of rotatable bonds is 6. The van der Waals surface area contributed by atoms with E-state index in [9.17, 15) is 4.79 Å². The first kappa shape index (κ1) is 13.6. The van der Waals surface area contributed by atoms with Crippen LogP contribution in [0.5, 0.6) is 0 Å². The predicted molar refractivity (Wildman–Crippen MR) is 77.3 cm³/mol. The normalized spacial score (nSPS) is 14.5. The molecule has 0 atom stereocenters. The largest absolute Gasteiger partial charge is 0.384 e. The van der Waals surface area contributed by atoms with Crippen molar-refractivity contribution < 1.29 is 4.79 Å². The van der Waals surface area contributed by atoms with Gasteiger partial charge in [-0.2, -0.15) is 0 Å². The Labute approximate surface area is 114 Å². The molecule has 1 amide bonds. The lowest BCUT2D eigenvalue weighted by molar-refractivity contribution is -0.129. The zero-order valence-corrected chi connectivity index (χ0v) is 11.5. The zero-order chi connectivity index (χ0) is 13.5. The van der Waals surface area contributed by atoms with Gasteiger partial charge < -0.3 is 15.5 Å². The number of hydrogen-bond donors (Lipinski definition) is 2. The summed E-state index contributed by atoms with van der Waals surface area (Å²) in [6.07, 6.45) is 6.41. The molecule has 0 unspecified atom stereocenters. The summed E-state index contributed by atoms with van der Waals surface area (Å²) in [5, 5.41) is 6.46. The highest BCUT2D eigenvalue weighted by Crippen LogP contribution is 2.13. The quantitative estimate of drug-likeness (QED) is 0.822. The number of nitrogens with one attached hydrogen (secondary N) is 2. The lowest BCUT2D eigenvalue weighted by atomic mass is 10.3. The van der Waals surface area contributed by atoms with Crippen molar-refractivity contribution in [3.63, 3.8) is 0 Å². The molecule has 0 spiro atoms. The van der Waals surface area contributed by atoms with E-state index in [1.165, 1.54) is 0 Å². The van der Waals surface area contributed by atoms with Crippen molar-refractivity contribution in [2.75, 3.05) is 36.8 Å². The number of carbonyl (C=O) groups is 1. The van der Waals surface area contributed by atoms with Crippen LogP contribution in [0.1, 0.15) is 26.2 Å². The van der Waals surface area contributed by atoms with Gasteiger partial charge in [0.1, 0.15) is 0 Å². The fourth-order valence-corrected chi connectivity index (χ4v) is 2.28. The summed E-state index contributed by atoms with van der Waals surface area (Å²) in [5.74, 6) is 0.251. The first-order valence-electron chi connectivity index (χ1n) is 7.00. The lowest BCUT2D eigenvalue weighted by Gasteiger charge is -2.15. The van der Waals surface area contributed by atoms with Gasteiger partial charge in [0.25, 0.3) is 0 Å². The van der Waals surface area contributed by atoms with E-state index in [-0.39, 0.29) is 5.91 Å². The Morgan fingerprint density at radius 3 is 2.63 bits per heavy atom. The van der Waals surface area contributed by atoms with Gasteiger partial charge in [0.05, 0.1) is 23.8 Å². The van der Waals surface area contributed by atoms with Crippen LogP contribution >= 0.6 is 0 Å².